The third-order valence-corrected chi connectivity index (χ3v) is 6.99. The van der Waals surface area contributed by atoms with Gasteiger partial charge < -0.3 is 15.1 Å². The van der Waals surface area contributed by atoms with Crippen LogP contribution in [-0.4, -0.2) is 60.9 Å². The Labute approximate surface area is 153 Å². The zero-order valence-electron chi connectivity index (χ0n) is 14.7. The maximum Gasteiger partial charge on any atom is 0.254 e. The van der Waals surface area contributed by atoms with E-state index in [1.807, 2.05) is 26.6 Å². The summed E-state index contributed by atoms with van der Waals surface area (Å²) in [6.07, 6.45) is 5.49. The third-order valence-electron chi connectivity index (χ3n) is 6.30. The summed E-state index contributed by atoms with van der Waals surface area (Å²) in [5, 5.41) is 7.32. The second-order valence-electron chi connectivity index (χ2n) is 7.68. The second kappa shape index (κ2) is 7.08. The first-order valence-electron chi connectivity index (χ1n) is 9.52. The minimum Gasteiger partial charge on any atom is -0.340 e. The van der Waals surface area contributed by atoms with Crippen LogP contribution in [-0.2, 0) is 4.79 Å². The van der Waals surface area contributed by atoms with E-state index in [0.29, 0.717) is 24.9 Å². The van der Waals surface area contributed by atoms with Gasteiger partial charge in [-0.2, -0.15) is 11.3 Å². The molecule has 2 amide bonds. The van der Waals surface area contributed by atoms with Gasteiger partial charge in [-0.15, -0.1) is 0 Å². The molecule has 25 heavy (non-hydrogen) atoms. The van der Waals surface area contributed by atoms with Gasteiger partial charge in [0.15, 0.2) is 0 Å². The molecule has 4 rings (SSSR count). The van der Waals surface area contributed by atoms with E-state index in [-0.39, 0.29) is 11.3 Å². The molecular formula is C19H27N3O2S. The van der Waals surface area contributed by atoms with E-state index < -0.39 is 0 Å². The van der Waals surface area contributed by atoms with Crippen LogP contribution in [0.2, 0.25) is 0 Å². The maximum absolute atomic E-state index is 13.4. The third kappa shape index (κ3) is 3.10. The van der Waals surface area contributed by atoms with Crippen molar-refractivity contribution in [2.24, 2.45) is 11.3 Å². The van der Waals surface area contributed by atoms with E-state index in [1.54, 1.807) is 11.3 Å². The van der Waals surface area contributed by atoms with E-state index in [4.69, 9.17) is 0 Å². The Hall–Kier alpha value is -1.40. The number of amides is 2. The quantitative estimate of drug-likeness (QED) is 0.879. The minimum absolute atomic E-state index is 0.104. The van der Waals surface area contributed by atoms with Gasteiger partial charge in [0.25, 0.3) is 5.91 Å². The van der Waals surface area contributed by atoms with Crippen LogP contribution in [0.4, 0.5) is 0 Å². The summed E-state index contributed by atoms with van der Waals surface area (Å²) in [6, 6.07) is 1.89. The van der Waals surface area contributed by atoms with E-state index in [1.165, 1.54) is 19.3 Å². The minimum atomic E-state index is -0.176. The number of nitrogens with zero attached hydrogens (tertiary/aromatic N) is 2. The summed E-state index contributed by atoms with van der Waals surface area (Å²) in [5.74, 6) is 0.944. The Morgan fingerprint density at radius 3 is 2.80 bits per heavy atom. The molecule has 2 atom stereocenters. The fourth-order valence-corrected chi connectivity index (χ4v) is 5.51. The van der Waals surface area contributed by atoms with Gasteiger partial charge in [0, 0.05) is 38.1 Å². The zero-order chi connectivity index (χ0) is 17.3. The number of fused-ring (bicyclic) bond motifs is 1. The Balaban J connectivity index is 1.44. The fraction of sp³-hybridized carbons (Fsp3) is 0.684. The number of rotatable bonds is 2. The molecule has 3 heterocycles. The molecular weight excluding hydrogens is 334 g/mol. The second-order valence-corrected chi connectivity index (χ2v) is 8.46. The van der Waals surface area contributed by atoms with Gasteiger partial charge in [-0.25, -0.2) is 0 Å². The predicted molar refractivity (Wildman–Crippen MR) is 98.7 cm³/mol. The van der Waals surface area contributed by atoms with E-state index in [9.17, 15) is 9.59 Å². The van der Waals surface area contributed by atoms with Crippen LogP contribution < -0.4 is 5.32 Å². The fourth-order valence-electron chi connectivity index (χ4n) is 4.88. The lowest BCUT2D eigenvalue weighted by Crippen LogP contribution is -2.50. The standard InChI is InChI=1S/C19H27N3O2S/c23-17(15-5-11-25-13-15)21-7-3-8-22(10-9-21)18(24)19-6-2-1-4-16(19)12-20-14-19/h5,11,13,16,20H,1-4,6-10,12,14H2/t16-,19+/m0/s1. The van der Waals surface area contributed by atoms with Crippen LogP contribution in [0.15, 0.2) is 16.8 Å². The van der Waals surface area contributed by atoms with Gasteiger partial charge >= 0.3 is 0 Å². The SMILES string of the molecule is O=C(c1ccsc1)N1CCCN(C(=O)[C@@]23CCCC[C@H]2CNC3)CC1. The lowest BCUT2D eigenvalue weighted by Gasteiger charge is -2.40. The van der Waals surface area contributed by atoms with Crippen molar-refractivity contribution in [1.29, 1.82) is 0 Å². The van der Waals surface area contributed by atoms with E-state index in [0.717, 1.165) is 44.6 Å². The smallest absolute Gasteiger partial charge is 0.254 e. The summed E-state index contributed by atoms with van der Waals surface area (Å²) < 4.78 is 0. The van der Waals surface area contributed by atoms with E-state index >= 15 is 0 Å². The Morgan fingerprint density at radius 1 is 1.12 bits per heavy atom. The summed E-state index contributed by atoms with van der Waals surface area (Å²) in [7, 11) is 0. The molecule has 5 nitrogen and oxygen atoms in total. The van der Waals surface area contributed by atoms with Crippen molar-refractivity contribution in [3.8, 4) is 0 Å². The Morgan fingerprint density at radius 2 is 1.96 bits per heavy atom. The van der Waals surface area contributed by atoms with Crippen molar-refractivity contribution in [2.45, 2.75) is 32.1 Å². The lowest BCUT2D eigenvalue weighted by atomic mass is 9.67. The highest BCUT2D eigenvalue weighted by Crippen LogP contribution is 2.45. The summed E-state index contributed by atoms with van der Waals surface area (Å²) in [4.78, 5) is 30.0. The van der Waals surface area contributed by atoms with Crippen molar-refractivity contribution >= 4 is 23.2 Å². The van der Waals surface area contributed by atoms with Gasteiger partial charge in [0.1, 0.15) is 0 Å². The summed E-state index contributed by atoms with van der Waals surface area (Å²) >= 11 is 1.55. The van der Waals surface area contributed by atoms with E-state index in [2.05, 4.69) is 5.32 Å². The molecule has 6 heteroatoms. The Kier molecular flexibility index (Phi) is 4.82. The normalized spacial score (nSPS) is 30.0. The number of carbonyl (C=O) groups excluding carboxylic acids is 2. The monoisotopic (exact) mass is 361 g/mol. The number of thiophene rings is 1. The first-order chi connectivity index (χ1) is 12.2. The van der Waals surface area contributed by atoms with Crippen LogP contribution in [0.3, 0.4) is 0 Å². The lowest BCUT2D eigenvalue weighted by molar-refractivity contribution is -0.145. The molecule has 3 aliphatic rings. The number of hydrogen-bond donors (Lipinski definition) is 1. The molecule has 136 valence electrons. The summed E-state index contributed by atoms with van der Waals surface area (Å²) in [6.45, 7) is 4.67. The largest absolute Gasteiger partial charge is 0.340 e. The van der Waals surface area contributed by atoms with Crippen LogP contribution in [0.5, 0.6) is 0 Å². The molecule has 0 bridgehead atoms. The zero-order valence-corrected chi connectivity index (χ0v) is 15.5. The van der Waals surface area contributed by atoms with Crippen molar-refractivity contribution in [1.82, 2.24) is 15.1 Å². The predicted octanol–water partition coefficient (Wildman–Crippen LogP) is 2.20. The highest BCUT2D eigenvalue weighted by molar-refractivity contribution is 7.08. The number of nitrogens with one attached hydrogen (secondary N) is 1. The summed E-state index contributed by atoms with van der Waals surface area (Å²) in [5.41, 5.74) is 0.598. The van der Waals surface area contributed by atoms with Gasteiger partial charge in [0.2, 0.25) is 5.91 Å². The molecule has 1 saturated carbocycles. The Bertz CT molecular complexity index is 633. The van der Waals surface area contributed by atoms with Crippen molar-refractivity contribution < 1.29 is 9.59 Å². The van der Waals surface area contributed by atoms with Gasteiger partial charge in [0.05, 0.1) is 11.0 Å². The van der Waals surface area contributed by atoms with Gasteiger partial charge in [-0.3, -0.25) is 9.59 Å². The van der Waals surface area contributed by atoms with Crippen molar-refractivity contribution in [3.05, 3.63) is 22.4 Å². The molecule has 2 saturated heterocycles. The molecule has 0 aromatic carbocycles. The topological polar surface area (TPSA) is 52.7 Å². The molecule has 1 N–H and O–H groups in total. The average molecular weight is 362 g/mol. The van der Waals surface area contributed by atoms with Crippen LogP contribution in [0.25, 0.3) is 0 Å². The van der Waals surface area contributed by atoms with Crippen LogP contribution in [0.1, 0.15) is 42.5 Å². The van der Waals surface area contributed by atoms with Crippen molar-refractivity contribution in [3.63, 3.8) is 0 Å². The van der Waals surface area contributed by atoms with Crippen LogP contribution in [0, 0.1) is 11.3 Å². The first kappa shape index (κ1) is 17.0. The molecule has 3 fully saturated rings. The average Bonchev–Trinajstić information content (AvgIpc) is 3.26. The van der Waals surface area contributed by atoms with Gasteiger partial charge in [-0.1, -0.05) is 12.8 Å². The molecule has 0 unspecified atom stereocenters. The van der Waals surface area contributed by atoms with Crippen molar-refractivity contribution in [2.75, 3.05) is 39.3 Å². The van der Waals surface area contributed by atoms with Crippen LogP contribution >= 0.6 is 11.3 Å². The molecule has 1 aromatic heterocycles. The molecule has 1 aromatic rings. The maximum atomic E-state index is 13.4. The molecule has 2 aliphatic heterocycles. The molecule has 0 spiro atoms. The molecule has 1 aliphatic carbocycles. The number of carbonyl (C=O) groups is 2. The highest BCUT2D eigenvalue weighted by Gasteiger charge is 2.51. The number of hydrogen-bond acceptors (Lipinski definition) is 4. The van der Waals surface area contributed by atoms with Gasteiger partial charge in [-0.05, 0) is 43.2 Å². The highest BCUT2D eigenvalue weighted by atomic mass is 32.1. The first-order valence-corrected chi connectivity index (χ1v) is 10.5. The molecule has 0 radical (unpaired) electrons.